The molecule has 0 spiro atoms. The highest BCUT2D eigenvalue weighted by atomic mass is 14.1. The van der Waals surface area contributed by atoms with E-state index in [1.807, 2.05) is 0 Å². The normalized spacial score (nSPS) is 33.4. The molecule has 0 aliphatic heterocycles. The molecule has 10 heavy (non-hydrogen) atoms. The van der Waals surface area contributed by atoms with E-state index in [0.717, 1.165) is 11.8 Å². The Balaban J connectivity index is 2.53. The maximum atomic E-state index is 3.19. The quantitative estimate of drug-likeness (QED) is 0.449. The van der Waals surface area contributed by atoms with E-state index in [2.05, 4.69) is 31.7 Å². The van der Waals surface area contributed by atoms with Gasteiger partial charge >= 0.3 is 0 Å². The summed E-state index contributed by atoms with van der Waals surface area (Å²) in [5.41, 5.74) is 3.19. The maximum Gasteiger partial charge on any atom is -0.0246 e. The van der Waals surface area contributed by atoms with E-state index < -0.39 is 0 Å². The summed E-state index contributed by atoms with van der Waals surface area (Å²) in [5.74, 6) is 1.73. The van der Waals surface area contributed by atoms with Gasteiger partial charge < -0.3 is 0 Å². The highest BCUT2D eigenvalue weighted by Gasteiger charge is 2.10. The first kappa shape index (κ1) is 7.63. The number of allylic oxidation sites excluding steroid dienone is 1. The fourth-order valence-corrected chi connectivity index (χ4v) is 1.28. The first-order valence-electron chi connectivity index (χ1n) is 4.20. The summed E-state index contributed by atoms with van der Waals surface area (Å²) in [6.45, 7) is 4.67. The number of hydrogen-bond donors (Lipinski definition) is 0. The van der Waals surface area contributed by atoms with Crippen LogP contribution >= 0.6 is 0 Å². The molecule has 0 fully saturated rings. The SMILES string of the molecule is CC1CC=C=CCCC1C. The van der Waals surface area contributed by atoms with Gasteiger partial charge in [0.05, 0.1) is 0 Å². The third-order valence-corrected chi connectivity index (χ3v) is 2.46. The van der Waals surface area contributed by atoms with Gasteiger partial charge in [0, 0.05) is 0 Å². The zero-order chi connectivity index (χ0) is 7.40. The van der Waals surface area contributed by atoms with Crippen LogP contribution < -0.4 is 0 Å². The predicted molar refractivity (Wildman–Crippen MR) is 44.8 cm³/mol. The van der Waals surface area contributed by atoms with E-state index in [4.69, 9.17) is 0 Å². The highest BCUT2D eigenvalue weighted by Crippen LogP contribution is 2.21. The van der Waals surface area contributed by atoms with Crippen LogP contribution in [0.1, 0.15) is 33.1 Å². The second kappa shape index (κ2) is 3.63. The zero-order valence-corrected chi connectivity index (χ0v) is 6.93. The van der Waals surface area contributed by atoms with Crippen molar-refractivity contribution >= 4 is 0 Å². The summed E-state index contributed by atoms with van der Waals surface area (Å²) in [6, 6.07) is 0. The zero-order valence-electron chi connectivity index (χ0n) is 6.93. The van der Waals surface area contributed by atoms with Gasteiger partial charge in [-0.2, -0.15) is 0 Å². The molecule has 0 saturated carbocycles. The molecule has 1 aliphatic rings. The Hall–Kier alpha value is -0.480. The van der Waals surface area contributed by atoms with Gasteiger partial charge in [0.25, 0.3) is 0 Å². The van der Waals surface area contributed by atoms with Gasteiger partial charge in [-0.15, -0.1) is 5.73 Å². The molecule has 1 aliphatic carbocycles. The van der Waals surface area contributed by atoms with Crippen molar-refractivity contribution in [1.82, 2.24) is 0 Å². The van der Waals surface area contributed by atoms with Crippen molar-refractivity contribution < 1.29 is 0 Å². The lowest BCUT2D eigenvalue weighted by molar-refractivity contribution is 0.368. The van der Waals surface area contributed by atoms with Crippen LogP contribution in [0, 0.1) is 11.8 Å². The van der Waals surface area contributed by atoms with Crippen LogP contribution in [0.15, 0.2) is 17.9 Å². The molecule has 0 aromatic heterocycles. The second-order valence-corrected chi connectivity index (χ2v) is 3.34. The van der Waals surface area contributed by atoms with Crippen molar-refractivity contribution in [3.05, 3.63) is 17.9 Å². The standard InChI is InChI=1S/C10H16/c1-9-7-5-3-4-6-8-10(9)2/h3,6,9-10H,5,7-8H2,1-2H3. The summed E-state index contributed by atoms with van der Waals surface area (Å²) in [5, 5.41) is 0. The van der Waals surface area contributed by atoms with Crippen molar-refractivity contribution in [2.24, 2.45) is 11.8 Å². The van der Waals surface area contributed by atoms with Crippen LogP contribution in [-0.2, 0) is 0 Å². The van der Waals surface area contributed by atoms with Crippen molar-refractivity contribution in [3.63, 3.8) is 0 Å². The third kappa shape index (κ3) is 2.04. The van der Waals surface area contributed by atoms with Gasteiger partial charge in [0.1, 0.15) is 0 Å². The van der Waals surface area contributed by atoms with Crippen LogP contribution in [0.3, 0.4) is 0 Å². The van der Waals surface area contributed by atoms with Gasteiger partial charge in [-0.05, 0) is 43.3 Å². The van der Waals surface area contributed by atoms with Crippen molar-refractivity contribution in [2.45, 2.75) is 33.1 Å². The lowest BCUT2D eigenvalue weighted by Gasteiger charge is -2.17. The predicted octanol–water partition coefficient (Wildman–Crippen LogP) is 3.15. The molecular weight excluding hydrogens is 120 g/mol. The number of rotatable bonds is 0. The van der Waals surface area contributed by atoms with Crippen LogP contribution in [0.25, 0.3) is 0 Å². The van der Waals surface area contributed by atoms with E-state index >= 15 is 0 Å². The van der Waals surface area contributed by atoms with Crippen LogP contribution in [0.2, 0.25) is 0 Å². The lowest BCUT2D eigenvalue weighted by atomic mass is 9.88. The molecule has 1 rings (SSSR count). The summed E-state index contributed by atoms with van der Waals surface area (Å²) in [6.07, 6.45) is 8.07. The molecule has 0 nitrogen and oxygen atoms in total. The minimum absolute atomic E-state index is 0.848. The van der Waals surface area contributed by atoms with Gasteiger partial charge in [0.15, 0.2) is 0 Å². The summed E-state index contributed by atoms with van der Waals surface area (Å²) in [4.78, 5) is 0. The molecule has 0 heterocycles. The average molecular weight is 136 g/mol. The van der Waals surface area contributed by atoms with Gasteiger partial charge in [-0.1, -0.05) is 13.8 Å². The third-order valence-electron chi connectivity index (χ3n) is 2.46. The molecule has 0 amide bonds. The molecule has 0 aromatic carbocycles. The summed E-state index contributed by atoms with van der Waals surface area (Å²) < 4.78 is 0. The van der Waals surface area contributed by atoms with E-state index in [0.29, 0.717) is 0 Å². The minimum atomic E-state index is 0.848. The van der Waals surface area contributed by atoms with Crippen LogP contribution in [0.5, 0.6) is 0 Å². The molecular formula is C10H16. The van der Waals surface area contributed by atoms with Crippen molar-refractivity contribution in [1.29, 1.82) is 0 Å². The highest BCUT2D eigenvalue weighted by molar-refractivity contribution is 4.89. The summed E-state index contributed by atoms with van der Waals surface area (Å²) in [7, 11) is 0. The minimum Gasteiger partial charge on any atom is -0.130 e. The van der Waals surface area contributed by atoms with Gasteiger partial charge in [-0.25, -0.2) is 0 Å². The molecule has 0 bridgehead atoms. The summed E-state index contributed by atoms with van der Waals surface area (Å²) >= 11 is 0. The Bertz CT molecular complexity index is 149. The van der Waals surface area contributed by atoms with Crippen molar-refractivity contribution in [3.8, 4) is 0 Å². The Morgan fingerprint density at radius 2 is 2.00 bits per heavy atom. The Morgan fingerprint density at radius 1 is 1.20 bits per heavy atom. The number of hydrogen-bond acceptors (Lipinski definition) is 0. The van der Waals surface area contributed by atoms with Crippen LogP contribution in [-0.4, -0.2) is 0 Å². The largest absolute Gasteiger partial charge is 0.130 e. The Labute approximate surface area is 63.6 Å². The molecule has 0 saturated heterocycles. The van der Waals surface area contributed by atoms with Crippen molar-refractivity contribution in [2.75, 3.05) is 0 Å². The van der Waals surface area contributed by atoms with E-state index in [9.17, 15) is 0 Å². The van der Waals surface area contributed by atoms with E-state index in [-0.39, 0.29) is 0 Å². The molecule has 2 unspecified atom stereocenters. The first-order chi connectivity index (χ1) is 4.80. The maximum absolute atomic E-state index is 3.19. The van der Waals surface area contributed by atoms with Gasteiger partial charge in [-0.3, -0.25) is 0 Å². The molecule has 0 radical (unpaired) electrons. The van der Waals surface area contributed by atoms with Gasteiger partial charge in [0.2, 0.25) is 0 Å². The smallest absolute Gasteiger partial charge is 0.0246 e. The molecule has 0 aromatic rings. The van der Waals surface area contributed by atoms with E-state index in [1.54, 1.807) is 0 Å². The second-order valence-electron chi connectivity index (χ2n) is 3.34. The molecule has 56 valence electrons. The van der Waals surface area contributed by atoms with Crippen LogP contribution in [0.4, 0.5) is 0 Å². The fourth-order valence-electron chi connectivity index (χ4n) is 1.28. The monoisotopic (exact) mass is 136 g/mol. The average Bonchev–Trinajstić information content (AvgIpc) is 1.92. The molecule has 0 N–H and O–H groups in total. The fraction of sp³-hybridized carbons (Fsp3) is 0.700. The lowest BCUT2D eigenvalue weighted by Crippen LogP contribution is -2.07. The van der Waals surface area contributed by atoms with E-state index in [1.165, 1.54) is 19.3 Å². The molecule has 0 heteroatoms. The molecule has 2 atom stereocenters. The Kier molecular flexibility index (Phi) is 2.77. The Morgan fingerprint density at radius 3 is 2.80 bits per heavy atom. The topological polar surface area (TPSA) is 0 Å². The first-order valence-corrected chi connectivity index (χ1v) is 4.20.